The third kappa shape index (κ3) is 6.70. The maximum absolute atomic E-state index is 6.74. The van der Waals surface area contributed by atoms with Crippen LogP contribution in [0.1, 0.15) is 22.3 Å². The molecule has 0 spiro atoms. The van der Waals surface area contributed by atoms with Crippen LogP contribution in [0.5, 0.6) is 5.75 Å². The number of hydrogen-bond acceptors (Lipinski definition) is 6. The van der Waals surface area contributed by atoms with Crippen LogP contribution in [0.15, 0.2) is 115 Å². The van der Waals surface area contributed by atoms with Gasteiger partial charge in [0.1, 0.15) is 18.0 Å². The van der Waals surface area contributed by atoms with Gasteiger partial charge in [-0.15, -0.1) is 0 Å². The molecule has 0 N–H and O–H groups in total. The summed E-state index contributed by atoms with van der Waals surface area (Å²) in [5.74, 6) is 0.932. The van der Waals surface area contributed by atoms with Gasteiger partial charge >= 0.3 is 0 Å². The highest BCUT2D eigenvalue weighted by Gasteiger charge is 2.58. The normalized spacial score (nSPS) is 23.9. The highest BCUT2D eigenvalue weighted by molar-refractivity contribution is 5.27. The van der Waals surface area contributed by atoms with E-state index in [9.17, 15) is 0 Å². The van der Waals surface area contributed by atoms with Crippen molar-refractivity contribution in [3.05, 3.63) is 138 Å². The summed E-state index contributed by atoms with van der Waals surface area (Å²) in [6.07, 6.45) is -0.698. The lowest BCUT2D eigenvalue weighted by Crippen LogP contribution is -2.44. The number of hydrogen-bond donors (Lipinski definition) is 0. The molecule has 6 heteroatoms. The summed E-state index contributed by atoms with van der Waals surface area (Å²) in [4.78, 5) is 6.34. The third-order valence-electron chi connectivity index (χ3n) is 7.96. The lowest BCUT2D eigenvalue weighted by atomic mass is 10.0. The zero-order valence-electron chi connectivity index (χ0n) is 23.4. The van der Waals surface area contributed by atoms with Crippen molar-refractivity contribution in [1.82, 2.24) is 5.06 Å². The van der Waals surface area contributed by atoms with Crippen molar-refractivity contribution in [2.24, 2.45) is 5.92 Å². The van der Waals surface area contributed by atoms with E-state index in [1.54, 1.807) is 7.11 Å². The molecule has 0 unspecified atom stereocenters. The summed E-state index contributed by atoms with van der Waals surface area (Å²) < 4.78 is 25.5. The van der Waals surface area contributed by atoms with Crippen LogP contribution in [0.2, 0.25) is 0 Å². The zero-order valence-corrected chi connectivity index (χ0v) is 23.4. The maximum Gasteiger partial charge on any atom is 0.118 e. The van der Waals surface area contributed by atoms with Crippen molar-refractivity contribution in [2.75, 3.05) is 13.7 Å². The molecule has 1 aliphatic carbocycles. The van der Waals surface area contributed by atoms with Crippen molar-refractivity contribution >= 4 is 0 Å². The van der Waals surface area contributed by atoms with Gasteiger partial charge in [0.05, 0.1) is 45.7 Å². The average Bonchev–Trinajstić information content (AvgIpc) is 3.57. The monoisotopic (exact) mass is 551 g/mol. The molecule has 6 nitrogen and oxygen atoms in total. The van der Waals surface area contributed by atoms with Crippen LogP contribution in [0, 0.1) is 5.92 Å². The first-order valence-electron chi connectivity index (χ1n) is 14.3. The standard InChI is InChI=1S/C35H37NO5/c1-37-30-19-17-26(18-20-30)21-36-32-31(25-41-36)33(38-22-27-11-5-2-6-12-27)35(40-24-29-15-9-4-10-16-29)34(32)39-23-28-13-7-3-8-14-28/h2-20,31-35H,21-25H2,1H3/t31-,32+,33-,34-,35+/m1/s1. The molecule has 1 aliphatic heterocycles. The predicted molar refractivity (Wildman–Crippen MR) is 157 cm³/mol. The molecule has 0 amide bonds. The Morgan fingerprint density at radius 3 is 1.59 bits per heavy atom. The van der Waals surface area contributed by atoms with Gasteiger partial charge < -0.3 is 18.9 Å². The molecular weight excluding hydrogens is 514 g/mol. The Bertz CT molecular complexity index is 1340. The number of ether oxygens (including phenoxy) is 4. The maximum atomic E-state index is 6.74. The first-order valence-corrected chi connectivity index (χ1v) is 14.3. The van der Waals surface area contributed by atoms with Crippen molar-refractivity contribution in [1.29, 1.82) is 0 Å². The highest BCUT2D eigenvalue weighted by atomic mass is 16.7. The van der Waals surface area contributed by atoms with Gasteiger partial charge in [0.2, 0.25) is 0 Å². The van der Waals surface area contributed by atoms with E-state index in [4.69, 9.17) is 23.8 Å². The van der Waals surface area contributed by atoms with Gasteiger partial charge in [0.15, 0.2) is 0 Å². The molecule has 5 atom stereocenters. The molecule has 1 heterocycles. The first-order chi connectivity index (χ1) is 20.3. The van der Waals surface area contributed by atoms with Gasteiger partial charge in [-0.25, -0.2) is 0 Å². The van der Waals surface area contributed by atoms with Gasteiger partial charge in [0, 0.05) is 12.5 Å². The zero-order chi connectivity index (χ0) is 27.9. The van der Waals surface area contributed by atoms with Crippen LogP contribution in [0.3, 0.4) is 0 Å². The molecule has 6 rings (SSSR count). The molecule has 212 valence electrons. The summed E-state index contributed by atoms with van der Waals surface area (Å²) in [6, 6.07) is 39.0. The molecule has 41 heavy (non-hydrogen) atoms. The predicted octanol–water partition coefficient (Wildman–Crippen LogP) is 6.20. The average molecular weight is 552 g/mol. The molecule has 0 aromatic heterocycles. The minimum Gasteiger partial charge on any atom is -0.497 e. The summed E-state index contributed by atoms with van der Waals surface area (Å²) in [5.41, 5.74) is 4.52. The van der Waals surface area contributed by atoms with Crippen molar-refractivity contribution in [3.8, 4) is 5.75 Å². The summed E-state index contributed by atoms with van der Waals surface area (Å²) in [5, 5.41) is 2.08. The highest BCUT2D eigenvalue weighted by Crippen LogP contribution is 2.43. The van der Waals surface area contributed by atoms with Gasteiger partial charge in [-0.05, 0) is 34.4 Å². The van der Waals surface area contributed by atoms with Crippen molar-refractivity contribution in [2.45, 2.75) is 50.7 Å². The first kappa shape index (κ1) is 27.6. The number of hydroxylamine groups is 2. The fraction of sp³-hybridized carbons (Fsp3) is 0.314. The Kier molecular flexibility index (Phi) is 9.05. The Hall–Kier alpha value is -3.52. The Labute approximate surface area is 242 Å². The second-order valence-electron chi connectivity index (χ2n) is 10.7. The van der Waals surface area contributed by atoms with E-state index in [-0.39, 0.29) is 30.3 Å². The number of nitrogens with zero attached hydrogens (tertiary/aromatic N) is 1. The van der Waals surface area contributed by atoms with Crippen LogP contribution >= 0.6 is 0 Å². The van der Waals surface area contributed by atoms with Gasteiger partial charge in [-0.2, -0.15) is 5.06 Å². The summed E-state index contributed by atoms with van der Waals surface area (Å²) >= 11 is 0. The SMILES string of the molecule is COc1ccc(CN2OC[C@H]3[C@@H](OCc4ccccc4)[C@H](OCc4ccccc4)[C@H](OCc4ccccc4)[C@H]32)cc1. The van der Waals surface area contributed by atoms with E-state index < -0.39 is 0 Å². The minimum atomic E-state index is -0.264. The smallest absolute Gasteiger partial charge is 0.118 e. The van der Waals surface area contributed by atoms with Crippen LogP contribution in [0.25, 0.3) is 0 Å². The second kappa shape index (κ2) is 13.4. The summed E-state index contributed by atoms with van der Waals surface area (Å²) in [6.45, 7) is 2.66. The molecule has 4 aromatic carbocycles. The van der Waals surface area contributed by atoms with E-state index in [1.807, 2.05) is 66.7 Å². The number of benzene rings is 4. The van der Waals surface area contributed by atoms with E-state index in [2.05, 4.69) is 53.6 Å². The Morgan fingerprint density at radius 2 is 1.07 bits per heavy atom. The van der Waals surface area contributed by atoms with Gasteiger partial charge in [-0.3, -0.25) is 4.84 Å². The molecule has 2 aliphatic rings. The molecular formula is C35H37NO5. The largest absolute Gasteiger partial charge is 0.497 e. The van der Waals surface area contributed by atoms with Crippen LogP contribution in [-0.4, -0.2) is 43.1 Å². The molecule has 0 bridgehead atoms. The molecule has 1 saturated heterocycles. The molecule has 1 saturated carbocycles. The number of rotatable bonds is 12. The topological polar surface area (TPSA) is 49.4 Å². The Morgan fingerprint density at radius 1 is 0.585 bits per heavy atom. The summed E-state index contributed by atoms with van der Waals surface area (Å²) in [7, 11) is 1.68. The fourth-order valence-electron chi connectivity index (χ4n) is 5.87. The minimum absolute atomic E-state index is 0.0256. The van der Waals surface area contributed by atoms with Crippen molar-refractivity contribution in [3.63, 3.8) is 0 Å². The van der Waals surface area contributed by atoms with Crippen molar-refractivity contribution < 1.29 is 23.8 Å². The lowest BCUT2D eigenvalue weighted by molar-refractivity contribution is -0.194. The van der Waals surface area contributed by atoms with E-state index in [1.165, 1.54) is 0 Å². The van der Waals surface area contributed by atoms with E-state index >= 15 is 0 Å². The Balaban J connectivity index is 1.27. The van der Waals surface area contributed by atoms with E-state index in [0.29, 0.717) is 33.0 Å². The third-order valence-corrected chi connectivity index (χ3v) is 7.96. The second-order valence-corrected chi connectivity index (χ2v) is 10.7. The molecule has 2 fully saturated rings. The van der Waals surface area contributed by atoms with E-state index in [0.717, 1.165) is 28.0 Å². The van der Waals surface area contributed by atoms with Crippen LogP contribution in [-0.2, 0) is 45.4 Å². The molecule has 4 aromatic rings. The lowest BCUT2D eigenvalue weighted by Gasteiger charge is -2.31. The number of fused-ring (bicyclic) bond motifs is 1. The van der Waals surface area contributed by atoms with Crippen LogP contribution < -0.4 is 4.74 Å². The van der Waals surface area contributed by atoms with Crippen LogP contribution in [0.4, 0.5) is 0 Å². The molecule has 0 radical (unpaired) electrons. The quantitative estimate of drug-likeness (QED) is 0.209. The fourth-order valence-corrected chi connectivity index (χ4v) is 5.87. The van der Waals surface area contributed by atoms with Gasteiger partial charge in [-0.1, -0.05) is 103 Å². The van der Waals surface area contributed by atoms with Gasteiger partial charge in [0.25, 0.3) is 0 Å². The number of methoxy groups -OCH3 is 1.